The number of aryl methyl sites for hydroxylation is 2. The van der Waals surface area contributed by atoms with Crippen molar-refractivity contribution in [3.63, 3.8) is 0 Å². The largest absolute Gasteiger partial charge is 0.478 e. The van der Waals surface area contributed by atoms with Gasteiger partial charge in [-0.15, -0.1) is 11.3 Å². The number of hydrogen-bond donors (Lipinski definition) is 1. The van der Waals surface area contributed by atoms with Crippen LogP contribution in [0.5, 0.6) is 5.75 Å². The van der Waals surface area contributed by atoms with Crippen molar-refractivity contribution in [2.75, 3.05) is 16.8 Å². The molecular weight excluding hydrogens is 469 g/mol. The molecule has 0 saturated carbocycles. The van der Waals surface area contributed by atoms with Crippen LogP contribution in [0.4, 0.5) is 11.4 Å². The molecular formula is C23H21Cl2N3O3S. The second-order valence-electron chi connectivity index (χ2n) is 7.41. The standard InChI is InChI=1S/C23H21Cl2N3O3S/c1-4-18-23(30)28(11-20(29)27-16-7-5-6-15(24)21(16)25)17-10-14(8-9-19(17)31-18)22-12(2)32-13(3)26-22/h5-10,18H,4,11H2,1-3H3,(H,27,29). The van der Waals surface area contributed by atoms with Crippen LogP contribution in [0.1, 0.15) is 23.2 Å². The molecule has 0 fully saturated rings. The Kier molecular flexibility index (Phi) is 6.42. The molecule has 1 aliphatic heterocycles. The molecule has 0 radical (unpaired) electrons. The fraction of sp³-hybridized carbons (Fsp3) is 0.261. The lowest BCUT2D eigenvalue weighted by Crippen LogP contribution is -2.48. The average Bonchev–Trinajstić information content (AvgIpc) is 3.10. The van der Waals surface area contributed by atoms with Gasteiger partial charge in [-0.3, -0.25) is 14.5 Å². The summed E-state index contributed by atoms with van der Waals surface area (Å²) in [6.07, 6.45) is -0.165. The molecule has 1 aromatic heterocycles. The van der Waals surface area contributed by atoms with Crippen molar-refractivity contribution >= 4 is 57.7 Å². The van der Waals surface area contributed by atoms with Crippen molar-refractivity contribution in [1.29, 1.82) is 0 Å². The third-order valence-corrected chi connectivity index (χ3v) is 6.84. The molecule has 2 heterocycles. The number of anilines is 2. The molecule has 1 aliphatic rings. The molecule has 2 aromatic carbocycles. The molecule has 0 saturated heterocycles. The number of fused-ring (bicyclic) bond motifs is 1. The molecule has 0 spiro atoms. The van der Waals surface area contributed by atoms with Gasteiger partial charge in [0.1, 0.15) is 12.3 Å². The zero-order valence-electron chi connectivity index (χ0n) is 17.7. The second-order valence-corrected chi connectivity index (χ2v) is 9.60. The van der Waals surface area contributed by atoms with Crippen molar-refractivity contribution in [1.82, 2.24) is 4.98 Å². The zero-order chi connectivity index (χ0) is 23.0. The highest BCUT2D eigenvalue weighted by Crippen LogP contribution is 2.39. The second kappa shape index (κ2) is 9.10. The molecule has 1 N–H and O–H groups in total. The number of halogens is 2. The number of rotatable bonds is 5. The first-order valence-corrected chi connectivity index (χ1v) is 11.7. The van der Waals surface area contributed by atoms with Gasteiger partial charge in [0.2, 0.25) is 5.91 Å². The van der Waals surface area contributed by atoms with Gasteiger partial charge in [0.25, 0.3) is 5.91 Å². The quantitative estimate of drug-likeness (QED) is 0.485. The Morgan fingerprint density at radius 3 is 2.72 bits per heavy atom. The van der Waals surface area contributed by atoms with E-state index in [4.69, 9.17) is 27.9 Å². The third-order valence-electron chi connectivity index (χ3n) is 5.14. The Morgan fingerprint density at radius 1 is 1.25 bits per heavy atom. The van der Waals surface area contributed by atoms with Gasteiger partial charge in [0.05, 0.1) is 32.1 Å². The van der Waals surface area contributed by atoms with Crippen LogP contribution in [0, 0.1) is 13.8 Å². The summed E-state index contributed by atoms with van der Waals surface area (Å²) in [5.74, 6) is -0.106. The van der Waals surface area contributed by atoms with Crippen LogP contribution in [0.2, 0.25) is 10.0 Å². The number of carbonyl (C=O) groups is 2. The van der Waals surface area contributed by atoms with Crippen molar-refractivity contribution in [3.05, 3.63) is 56.3 Å². The molecule has 9 heteroatoms. The van der Waals surface area contributed by atoms with Gasteiger partial charge in [0, 0.05) is 10.4 Å². The van der Waals surface area contributed by atoms with Gasteiger partial charge in [-0.2, -0.15) is 0 Å². The van der Waals surface area contributed by atoms with E-state index in [-0.39, 0.29) is 17.5 Å². The normalized spacial score (nSPS) is 15.3. The predicted molar refractivity (Wildman–Crippen MR) is 129 cm³/mol. The van der Waals surface area contributed by atoms with E-state index in [0.29, 0.717) is 28.6 Å². The number of amides is 2. The first-order valence-electron chi connectivity index (χ1n) is 10.1. The predicted octanol–water partition coefficient (Wildman–Crippen LogP) is 5.88. The highest BCUT2D eigenvalue weighted by molar-refractivity contribution is 7.11. The smallest absolute Gasteiger partial charge is 0.268 e. The van der Waals surface area contributed by atoms with Gasteiger partial charge < -0.3 is 10.1 Å². The van der Waals surface area contributed by atoms with Crippen molar-refractivity contribution in [2.24, 2.45) is 0 Å². The molecule has 6 nitrogen and oxygen atoms in total. The van der Waals surface area contributed by atoms with Crippen LogP contribution in [0.25, 0.3) is 11.3 Å². The number of nitrogens with one attached hydrogen (secondary N) is 1. The Balaban J connectivity index is 1.67. The van der Waals surface area contributed by atoms with E-state index < -0.39 is 12.0 Å². The molecule has 32 heavy (non-hydrogen) atoms. The Hall–Kier alpha value is -2.61. The van der Waals surface area contributed by atoms with Crippen LogP contribution in [-0.2, 0) is 9.59 Å². The van der Waals surface area contributed by atoms with Crippen LogP contribution in [-0.4, -0.2) is 29.4 Å². The Morgan fingerprint density at radius 2 is 2.03 bits per heavy atom. The van der Waals surface area contributed by atoms with Gasteiger partial charge in [-0.05, 0) is 50.6 Å². The number of benzene rings is 2. The number of hydrogen-bond acceptors (Lipinski definition) is 5. The maximum Gasteiger partial charge on any atom is 0.268 e. The van der Waals surface area contributed by atoms with Gasteiger partial charge >= 0.3 is 0 Å². The monoisotopic (exact) mass is 489 g/mol. The number of nitrogens with zero attached hydrogens (tertiary/aromatic N) is 2. The topological polar surface area (TPSA) is 71.5 Å². The highest BCUT2D eigenvalue weighted by Gasteiger charge is 2.35. The van der Waals surface area contributed by atoms with Gasteiger partial charge in [-0.1, -0.05) is 36.2 Å². The van der Waals surface area contributed by atoms with E-state index in [0.717, 1.165) is 21.1 Å². The van der Waals surface area contributed by atoms with E-state index in [1.54, 1.807) is 29.5 Å². The lowest BCUT2D eigenvalue weighted by Gasteiger charge is -2.34. The summed E-state index contributed by atoms with van der Waals surface area (Å²) in [5, 5.41) is 4.29. The van der Waals surface area contributed by atoms with Gasteiger partial charge in [0.15, 0.2) is 6.10 Å². The van der Waals surface area contributed by atoms with Gasteiger partial charge in [-0.25, -0.2) is 4.98 Å². The Bertz CT molecular complexity index is 1210. The molecule has 2 amide bonds. The molecule has 1 unspecified atom stereocenters. The van der Waals surface area contributed by atoms with E-state index in [1.165, 1.54) is 4.90 Å². The highest BCUT2D eigenvalue weighted by atomic mass is 35.5. The average molecular weight is 490 g/mol. The minimum Gasteiger partial charge on any atom is -0.478 e. The van der Waals surface area contributed by atoms with Crippen LogP contribution >= 0.6 is 34.5 Å². The SMILES string of the molecule is CCC1Oc2ccc(-c3nc(C)sc3C)cc2N(CC(=O)Nc2cccc(Cl)c2Cl)C1=O. The molecule has 0 aliphatic carbocycles. The first kappa shape index (κ1) is 22.6. The maximum absolute atomic E-state index is 13.1. The summed E-state index contributed by atoms with van der Waals surface area (Å²) < 4.78 is 5.91. The third kappa shape index (κ3) is 4.33. The van der Waals surface area contributed by atoms with E-state index in [1.807, 2.05) is 39.0 Å². The van der Waals surface area contributed by atoms with E-state index in [2.05, 4.69) is 10.3 Å². The first-order chi connectivity index (χ1) is 15.3. The maximum atomic E-state index is 13.1. The molecule has 0 bridgehead atoms. The summed E-state index contributed by atoms with van der Waals surface area (Å²) in [5.41, 5.74) is 2.64. The van der Waals surface area contributed by atoms with E-state index >= 15 is 0 Å². The molecule has 4 rings (SSSR count). The summed E-state index contributed by atoms with van der Waals surface area (Å²) in [4.78, 5) is 33.1. The fourth-order valence-electron chi connectivity index (χ4n) is 3.62. The van der Waals surface area contributed by atoms with E-state index in [9.17, 15) is 9.59 Å². The number of carbonyl (C=O) groups excluding carboxylic acids is 2. The minimum absolute atomic E-state index is 0.187. The summed E-state index contributed by atoms with van der Waals surface area (Å²) >= 11 is 13.8. The minimum atomic E-state index is -0.654. The number of ether oxygens (including phenoxy) is 1. The molecule has 3 aromatic rings. The van der Waals surface area contributed by atoms with Crippen LogP contribution < -0.4 is 15.0 Å². The lowest BCUT2D eigenvalue weighted by molar-refractivity contribution is -0.128. The van der Waals surface area contributed by atoms with Crippen molar-refractivity contribution < 1.29 is 14.3 Å². The lowest BCUT2D eigenvalue weighted by atomic mass is 10.1. The number of thiazole rings is 1. The Labute approximate surface area is 200 Å². The summed E-state index contributed by atoms with van der Waals surface area (Å²) in [6, 6.07) is 10.6. The zero-order valence-corrected chi connectivity index (χ0v) is 20.1. The fourth-order valence-corrected chi connectivity index (χ4v) is 4.81. The van der Waals surface area contributed by atoms with Crippen molar-refractivity contribution in [3.8, 4) is 17.0 Å². The molecule has 166 valence electrons. The molecule has 1 atom stereocenters. The van der Waals surface area contributed by atoms with Crippen LogP contribution in [0.3, 0.4) is 0 Å². The van der Waals surface area contributed by atoms with Crippen LogP contribution in [0.15, 0.2) is 36.4 Å². The van der Waals surface area contributed by atoms with Crippen molar-refractivity contribution in [2.45, 2.75) is 33.3 Å². The summed E-state index contributed by atoms with van der Waals surface area (Å²) in [7, 11) is 0. The number of aromatic nitrogens is 1. The summed E-state index contributed by atoms with van der Waals surface area (Å²) in [6.45, 7) is 5.64.